The maximum Gasteiger partial charge on any atom is 0.336 e. The second-order valence-corrected chi connectivity index (χ2v) is 5.51. The van der Waals surface area contributed by atoms with Gasteiger partial charge >= 0.3 is 11.6 Å². The van der Waals surface area contributed by atoms with E-state index in [2.05, 4.69) is 5.32 Å². The predicted molar refractivity (Wildman–Crippen MR) is 87.0 cm³/mol. The first-order chi connectivity index (χ1) is 11.4. The monoisotopic (exact) mass is 333 g/mol. The second kappa shape index (κ2) is 7.63. The first kappa shape index (κ1) is 17.5. The third-order valence-electron chi connectivity index (χ3n) is 3.76. The summed E-state index contributed by atoms with van der Waals surface area (Å²) in [6, 6.07) is 6.83. The number of carbonyl (C=O) groups excluding carboxylic acids is 1. The molecule has 1 amide bonds. The molecule has 0 aliphatic rings. The van der Waals surface area contributed by atoms with Crippen LogP contribution in [-0.4, -0.2) is 29.6 Å². The molecule has 24 heavy (non-hydrogen) atoms. The van der Waals surface area contributed by atoms with E-state index in [1.54, 1.807) is 25.1 Å². The topological polar surface area (TPSA) is 106 Å². The van der Waals surface area contributed by atoms with E-state index in [9.17, 15) is 14.4 Å². The number of hydrogen-bond acceptors (Lipinski definition) is 5. The van der Waals surface area contributed by atoms with Gasteiger partial charge < -0.3 is 19.6 Å². The van der Waals surface area contributed by atoms with Crippen LogP contribution in [0, 0.1) is 5.92 Å². The number of ether oxygens (including phenoxy) is 1. The van der Waals surface area contributed by atoms with Gasteiger partial charge in [0.05, 0.1) is 0 Å². The first-order valence-corrected chi connectivity index (χ1v) is 7.59. The largest absolute Gasteiger partial charge is 0.484 e. The number of nitrogens with one attached hydrogen (secondary N) is 1. The van der Waals surface area contributed by atoms with E-state index in [0.29, 0.717) is 17.8 Å². The highest BCUT2D eigenvalue weighted by atomic mass is 16.5. The highest BCUT2D eigenvalue weighted by Gasteiger charge is 2.25. The van der Waals surface area contributed by atoms with Gasteiger partial charge in [0.25, 0.3) is 5.91 Å². The lowest BCUT2D eigenvalue weighted by molar-refractivity contribution is -0.143. The lowest BCUT2D eigenvalue weighted by atomic mass is 9.99. The summed E-state index contributed by atoms with van der Waals surface area (Å²) in [6.45, 7) is 3.28. The summed E-state index contributed by atoms with van der Waals surface area (Å²) in [7, 11) is 0. The lowest BCUT2D eigenvalue weighted by Crippen LogP contribution is -2.46. The van der Waals surface area contributed by atoms with Crippen LogP contribution in [0.4, 0.5) is 0 Å². The van der Waals surface area contributed by atoms with Crippen molar-refractivity contribution in [2.75, 3.05) is 6.61 Å². The quantitative estimate of drug-likeness (QED) is 0.748. The first-order valence-electron chi connectivity index (χ1n) is 7.59. The van der Waals surface area contributed by atoms with E-state index in [4.69, 9.17) is 14.3 Å². The van der Waals surface area contributed by atoms with Crippen molar-refractivity contribution in [1.82, 2.24) is 5.32 Å². The number of fused-ring (bicyclic) bond motifs is 1. The smallest absolute Gasteiger partial charge is 0.336 e. The van der Waals surface area contributed by atoms with Crippen LogP contribution in [-0.2, 0) is 9.59 Å². The van der Waals surface area contributed by atoms with Crippen LogP contribution in [0.1, 0.15) is 20.3 Å². The maximum atomic E-state index is 11.9. The molecule has 7 heteroatoms. The standard InChI is InChI=1S/C17H19NO6/c1-3-10(2)16(17(21)22)18-14(19)9-23-12-6-4-11-5-7-15(20)24-13(11)8-12/h4-8,10,16H,3,9H2,1-2H3,(H,18,19)(H,21,22)/t10-,16-/m0/s1. The highest BCUT2D eigenvalue weighted by molar-refractivity contribution is 5.84. The van der Waals surface area contributed by atoms with E-state index in [1.807, 2.05) is 6.92 Å². The molecule has 2 rings (SSSR count). The number of aliphatic carboxylic acids is 1. The molecule has 2 N–H and O–H groups in total. The SMILES string of the molecule is CC[C@H](C)[C@H](NC(=O)COc1ccc2ccc(=O)oc2c1)C(=O)O. The Bertz CT molecular complexity index is 797. The number of carbonyl (C=O) groups is 2. The molecule has 128 valence electrons. The van der Waals surface area contributed by atoms with Crippen LogP contribution in [0.2, 0.25) is 0 Å². The molecule has 1 heterocycles. The average molecular weight is 333 g/mol. The Hall–Kier alpha value is -2.83. The molecule has 0 spiro atoms. The number of hydrogen-bond donors (Lipinski definition) is 2. The Labute approximate surface area is 138 Å². The van der Waals surface area contributed by atoms with Crippen LogP contribution < -0.4 is 15.7 Å². The Kier molecular flexibility index (Phi) is 5.57. The van der Waals surface area contributed by atoms with E-state index >= 15 is 0 Å². The molecule has 0 aliphatic heterocycles. The van der Waals surface area contributed by atoms with Crippen LogP contribution in [0.5, 0.6) is 5.75 Å². The molecule has 0 fully saturated rings. The summed E-state index contributed by atoms with van der Waals surface area (Å²) in [5, 5.41) is 12.3. The maximum absolute atomic E-state index is 11.9. The third-order valence-corrected chi connectivity index (χ3v) is 3.76. The molecule has 2 atom stereocenters. The second-order valence-electron chi connectivity index (χ2n) is 5.51. The Morgan fingerprint density at radius 3 is 2.67 bits per heavy atom. The van der Waals surface area contributed by atoms with Crippen molar-refractivity contribution < 1.29 is 23.8 Å². The van der Waals surface area contributed by atoms with Crippen molar-refractivity contribution in [3.8, 4) is 5.75 Å². The Morgan fingerprint density at radius 2 is 2.00 bits per heavy atom. The van der Waals surface area contributed by atoms with Crippen molar-refractivity contribution >= 4 is 22.8 Å². The Balaban J connectivity index is 2.00. The van der Waals surface area contributed by atoms with E-state index in [1.165, 1.54) is 12.1 Å². The normalized spacial score (nSPS) is 13.2. The summed E-state index contributed by atoms with van der Waals surface area (Å²) in [6.07, 6.45) is 0.627. The molecule has 0 saturated heterocycles. The number of benzene rings is 1. The predicted octanol–water partition coefficient (Wildman–Crippen LogP) is 1.79. The number of carboxylic acids is 1. The van der Waals surface area contributed by atoms with Gasteiger partial charge in [-0.2, -0.15) is 0 Å². The summed E-state index contributed by atoms with van der Waals surface area (Å²) in [5.41, 5.74) is -0.126. The van der Waals surface area contributed by atoms with E-state index < -0.39 is 23.5 Å². The van der Waals surface area contributed by atoms with Crippen molar-refractivity contribution in [2.24, 2.45) is 5.92 Å². The van der Waals surface area contributed by atoms with Gasteiger partial charge in [0.1, 0.15) is 17.4 Å². The van der Waals surface area contributed by atoms with Crippen molar-refractivity contribution in [3.05, 3.63) is 40.8 Å². The molecule has 2 aromatic rings. The van der Waals surface area contributed by atoms with E-state index in [-0.39, 0.29) is 12.5 Å². The molecule has 0 saturated carbocycles. The van der Waals surface area contributed by atoms with Crippen molar-refractivity contribution in [3.63, 3.8) is 0 Å². The summed E-state index contributed by atoms with van der Waals surface area (Å²) >= 11 is 0. The molecular formula is C17H19NO6. The summed E-state index contributed by atoms with van der Waals surface area (Å²) in [4.78, 5) is 34.3. The number of amides is 1. The van der Waals surface area contributed by atoms with Gasteiger partial charge in [-0.3, -0.25) is 4.79 Å². The van der Waals surface area contributed by atoms with Crippen LogP contribution in [0.15, 0.2) is 39.5 Å². The zero-order chi connectivity index (χ0) is 17.7. The molecule has 1 aromatic heterocycles. The molecule has 0 bridgehead atoms. The van der Waals surface area contributed by atoms with Crippen molar-refractivity contribution in [2.45, 2.75) is 26.3 Å². The fraction of sp³-hybridized carbons (Fsp3) is 0.353. The third kappa shape index (κ3) is 4.34. The van der Waals surface area contributed by atoms with Gasteiger partial charge in [0, 0.05) is 17.5 Å². The fourth-order valence-electron chi connectivity index (χ4n) is 2.18. The van der Waals surface area contributed by atoms with Gasteiger partial charge in [-0.25, -0.2) is 9.59 Å². The average Bonchev–Trinajstić information content (AvgIpc) is 2.56. The van der Waals surface area contributed by atoms with Gasteiger partial charge in [-0.05, 0) is 24.1 Å². The molecule has 1 aromatic carbocycles. The van der Waals surface area contributed by atoms with Gasteiger partial charge in [-0.15, -0.1) is 0 Å². The molecule has 0 radical (unpaired) electrons. The Morgan fingerprint density at radius 1 is 1.29 bits per heavy atom. The van der Waals surface area contributed by atoms with Crippen molar-refractivity contribution in [1.29, 1.82) is 0 Å². The zero-order valence-corrected chi connectivity index (χ0v) is 13.4. The molecular weight excluding hydrogens is 314 g/mol. The fourth-order valence-corrected chi connectivity index (χ4v) is 2.18. The molecule has 0 aliphatic carbocycles. The highest BCUT2D eigenvalue weighted by Crippen LogP contribution is 2.19. The summed E-state index contributed by atoms with van der Waals surface area (Å²) < 4.78 is 10.4. The van der Waals surface area contributed by atoms with E-state index in [0.717, 1.165) is 5.39 Å². The lowest BCUT2D eigenvalue weighted by Gasteiger charge is -2.20. The van der Waals surface area contributed by atoms with Crippen LogP contribution in [0.25, 0.3) is 11.0 Å². The minimum absolute atomic E-state index is 0.193. The summed E-state index contributed by atoms with van der Waals surface area (Å²) in [5.74, 6) is -1.45. The van der Waals surface area contributed by atoms with Crippen LogP contribution in [0.3, 0.4) is 0 Å². The molecule has 7 nitrogen and oxygen atoms in total. The molecule has 0 unspecified atom stereocenters. The number of rotatable bonds is 7. The van der Waals surface area contributed by atoms with Gasteiger partial charge in [0.15, 0.2) is 6.61 Å². The van der Waals surface area contributed by atoms with Gasteiger partial charge in [-0.1, -0.05) is 20.3 Å². The minimum Gasteiger partial charge on any atom is -0.484 e. The van der Waals surface area contributed by atoms with Crippen LogP contribution >= 0.6 is 0 Å². The minimum atomic E-state index is -1.08. The van der Waals surface area contributed by atoms with Gasteiger partial charge in [0.2, 0.25) is 0 Å². The number of carboxylic acid groups (broad SMARTS) is 1. The zero-order valence-electron chi connectivity index (χ0n) is 13.4.